The Balaban J connectivity index is 1.78. The first-order valence-electron chi connectivity index (χ1n) is 18.4. The van der Waals surface area contributed by atoms with Gasteiger partial charge in [0.1, 0.15) is 36.3 Å². The lowest BCUT2D eigenvalue weighted by Crippen LogP contribution is -2.61. The number of thioether (sulfide) groups is 1. The predicted octanol–water partition coefficient (Wildman–Crippen LogP) is -2.45. The second kappa shape index (κ2) is 22.1. The second-order valence-electron chi connectivity index (χ2n) is 13.8. The summed E-state index contributed by atoms with van der Waals surface area (Å²) in [7, 11) is 0. The first-order chi connectivity index (χ1) is 26.6. The predicted molar refractivity (Wildman–Crippen MR) is 202 cm³/mol. The van der Waals surface area contributed by atoms with Crippen LogP contribution in [0.2, 0.25) is 0 Å². The molecule has 2 saturated heterocycles. The van der Waals surface area contributed by atoms with Gasteiger partial charge in [0, 0.05) is 25.9 Å². The van der Waals surface area contributed by atoms with E-state index < -0.39 is 115 Å². The molecular formula is C36H53N7O12S. The molecule has 3 rings (SSSR count). The lowest BCUT2D eigenvalue weighted by atomic mass is 10.0. The van der Waals surface area contributed by atoms with Gasteiger partial charge >= 0.3 is 11.9 Å². The quantitative estimate of drug-likeness (QED) is 0.0624. The third kappa shape index (κ3) is 12.9. The van der Waals surface area contributed by atoms with Gasteiger partial charge < -0.3 is 57.2 Å². The van der Waals surface area contributed by atoms with E-state index in [2.05, 4.69) is 21.3 Å². The van der Waals surface area contributed by atoms with Crippen molar-refractivity contribution in [1.82, 2.24) is 31.1 Å². The van der Waals surface area contributed by atoms with E-state index in [-0.39, 0.29) is 32.4 Å². The highest BCUT2D eigenvalue weighted by atomic mass is 32.2. The maximum atomic E-state index is 14.0. The third-order valence-electron chi connectivity index (χ3n) is 9.67. The van der Waals surface area contributed by atoms with Crippen LogP contribution >= 0.6 is 11.8 Å². The third-order valence-corrected chi connectivity index (χ3v) is 10.3. The Kier molecular flexibility index (Phi) is 18.0. The highest BCUT2D eigenvalue weighted by Crippen LogP contribution is 2.22. The van der Waals surface area contributed by atoms with E-state index in [1.165, 1.54) is 23.6 Å². The number of nitrogens with one attached hydrogen (secondary N) is 4. The van der Waals surface area contributed by atoms with Crippen molar-refractivity contribution in [3.63, 3.8) is 0 Å². The molecule has 20 heteroatoms. The molecule has 8 unspecified atom stereocenters. The number of aliphatic hydroxyl groups is 2. The van der Waals surface area contributed by atoms with Crippen LogP contribution in [0.1, 0.15) is 57.4 Å². The van der Waals surface area contributed by atoms with Crippen LogP contribution in [0.4, 0.5) is 0 Å². The number of hydrogen-bond donors (Lipinski definition) is 9. The molecule has 2 aliphatic heterocycles. The fourth-order valence-corrected chi connectivity index (χ4v) is 7.10. The highest BCUT2D eigenvalue weighted by molar-refractivity contribution is 7.98. The van der Waals surface area contributed by atoms with Crippen molar-refractivity contribution in [2.24, 2.45) is 5.73 Å². The summed E-state index contributed by atoms with van der Waals surface area (Å²) in [6, 6.07) is -0.115. The Labute approximate surface area is 328 Å². The topological polar surface area (TPSA) is 298 Å². The van der Waals surface area contributed by atoms with Gasteiger partial charge in [-0.05, 0) is 63.0 Å². The summed E-state index contributed by atoms with van der Waals surface area (Å²) in [5, 5.41) is 48.3. The van der Waals surface area contributed by atoms with E-state index in [1.807, 2.05) is 6.26 Å². The van der Waals surface area contributed by atoms with Gasteiger partial charge in [-0.15, -0.1) is 0 Å². The van der Waals surface area contributed by atoms with Gasteiger partial charge in [-0.2, -0.15) is 11.8 Å². The van der Waals surface area contributed by atoms with Gasteiger partial charge in [0.2, 0.25) is 35.4 Å². The molecule has 2 heterocycles. The zero-order valence-electron chi connectivity index (χ0n) is 31.4. The molecule has 1 aromatic carbocycles. The molecule has 2 aliphatic rings. The fraction of sp³-hybridized carbons (Fsp3) is 0.611. The Morgan fingerprint density at radius 2 is 1.36 bits per heavy atom. The highest BCUT2D eigenvalue weighted by Gasteiger charge is 2.42. The van der Waals surface area contributed by atoms with E-state index in [0.29, 0.717) is 25.0 Å². The van der Waals surface area contributed by atoms with Crippen LogP contribution in [0.15, 0.2) is 30.3 Å². The van der Waals surface area contributed by atoms with Crippen LogP contribution in [-0.2, 0) is 44.8 Å². The van der Waals surface area contributed by atoms with Crippen molar-refractivity contribution in [2.75, 3.05) is 31.7 Å². The largest absolute Gasteiger partial charge is 0.481 e. The molecule has 2 fully saturated rings. The lowest BCUT2D eigenvalue weighted by Gasteiger charge is -2.32. The number of carboxylic acid groups (broad SMARTS) is 2. The zero-order chi connectivity index (χ0) is 41.5. The Hall–Kier alpha value is -4.79. The monoisotopic (exact) mass is 807 g/mol. The second-order valence-corrected chi connectivity index (χ2v) is 14.8. The van der Waals surface area contributed by atoms with Gasteiger partial charge in [-0.3, -0.25) is 33.6 Å². The van der Waals surface area contributed by atoms with Crippen LogP contribution in [0.25, 0.3) is 0 Å². The van der Waals surface area contributed by atoms with Crippen molar-refractivity contribution in [1.29, 1.82) is 0 Å². The first-order valence-corrected chi connectivity index (χ1v) is 19.8. The molecule has 10 N–H and O–H groups in total. The summed E-state index contributed by atoms with van der Waals surface area (Å²) in [6.07, 6.45) is 0.872. The summed E-state index contributed by atoms with van der Waals surface area (Å²) in [5.41, 5.74) is 6.83. The number of amides is 6. The van der Waals surface area contributed by atoms with Crippen LogP contribution in [0.3, 0.4) is 0 Å². The maximum Gasteiger partial charge on any atom is 0.328 e. The Bertz CT molecular complexity index is 1570. The molecule has 8 atom stereocenters. The van der Waals surface area contributed by atoms with Crippen molar-refractivity contribution in [2.45, 2.75) is 107 Å². The fourth-order valence-electron chi connectivity index (χ4n) is 6.61. The molecule has 56 heavy (non-hydrogen) atoms. The summed E-state index contributed by atoms with van der Waals surface area (Å²) < 4.78 is 0. The summed E-state index contributed by atoms with van der Waals surface area (Å²) >= 11 is 1.52. The Morgan fingerprint density at radius 1 is 0.804 bits per heavy atom. The summed E-state index contributed by atoms with van der Waals surface area (Å²) in [6.45, 7) is 0.480. The van der Waals surface area contributed by atoms with Gasteiger partial charge in [-0.1, -0.05) is 30.3 Å². The van der Waals surface area contributed by atoms with Crippen molar-refractivity contribution in [3.05, 3.63) is 35.9 Å². The normalized spacial score (nSPS) is 19.8. The van der Waals surface area contributed by atoms with Crippen molar-refractivity contribution < 1.29 is 58.8 Å². The summed E-state index contributed by atoms with van der Waals surface area (Å²) in [4.78, 5) is 106. The van der Waals surface area contributed by atoms with E-state index in [4.69, 9.17) is 5.73 Å². The van der Waals surface area contributed by atoms with E-state index >= 15 is 0 Å². The SMILES string of the molecule is CSCCC(N)C(=O)NC(Cc1ccccc1)C(=O)N1CCCC1C(=O)NC(C(=O)NC(CCC(=O)O)C(=O)N1CCCC1C(=O)NC(CO)C(=O)O)C(C)O. The van der Waals surface area contributed by atoms with Crippen LogP contribution < -0.4 is 27.0 Å². The van der Waals surface area contributed by atoms with Crippen LogP contribution in [0, 0.1) is 0 Å². The molecule has 0 aliphatic carbocycles. The van der Waals surface area contributed by atoms with Crippen molar-refractivity contribution in [3.8, 4) is 0 Å². The van der Waals surface area contributed by atoms with E-state index in [0.717, 1.165) is 10.5 Å². The molecule has 0 spiro atoms. The number of rotatable bonds is 21. The van der Waals surface area contributed by atoms with Gasteiger partial charge in [0.05, 0.1) is 18.8 Å². The Morgan fingerprint density at radius 3 is 1.88 bits per heavy atom. The minimum Gasteiger partial charge on any atom is -0.481 e. The number of likely N-dealkylation sites (tertiary alicyclic amines) is 2. The molecule has 0 aromatic heterocycles. The van der Waals surface area contributed by atoms with Gasteiger partial charge in [0.25, 0.3) is 0 Å². The average Bonchev–Trinajstić information content (AvgIpc) is 3.87. The van der Waals surface area contributed by atoms with E-state index in [9.17, 15) is 58.8 Å². The first kappa shape index (κ1) is 45.6. The number of hydrogen-bond acceptors (Lipinski definition) is 12. The number of nitrogens with zero attached hydrogens (tertiary/aromatic N) is 2. The maximum absolute atomic E-state index is 14.0. The molecule has 19 nitrogen and oxygen atoms in total. The number of aliphatic carboxylic acids is 2. The van der Waals surface area contributed by atoms with Gasteiger partial charge in [-0.25, -0.2) is 4.79 Å². The number of carboxylic acids is 2. The minimum atomic E-state index is -1.67. The molecule has 6 amide bonds. The molecule has 310 valence electrons. The van der Waals surface area contributed by atoms with Gasteiger partial charge in [0.15, 0.2) is 0 Å². The molecule has 1 aromatic rings. The number of nitrogens with two attached hydrogens (primary N) is 1. The molecule has 0 radical (unpaired) electrons. The minimum absolute atomic E-state index is 0.0187. The summed E-state index contributed by atoms with van der Waals surface area (Å²) in [5.74, 6) is -6.80. The molecule has 0 saturated carbocycles. The lowest BCUT2D eigenvalue weighted by molar-refractivity contribution is -0.146. The molecule has 0 bridgehead atoms. The number of benzene rings is 1. The number of aliphatic hydroxyl groups excluding tert-OH is 2. The number of carbonyl (C=O) groups excluding carboxylic acids is 6. The number of carbonyl (C=O) groups is 8. The van der Waals surface area contributed by atoms with Crippen LogP contribution in [-0.4, -0.2) is 158 Å². The average molecular weight is 808 g/mol. The van der Waals surface area contributed by atoms with Crippen LogP contribution in [0.5, 0.6) is 0 Å². The van der Waals surface area contributed by atoms with E-state index in [1.54, 1.807) is 30.3 Å². The smallest absolute Gasteiger partial charge is 0.328 e. The standard InChI is InChI=1S/C36H53N7O12S/c1-20(45)29(33(51)38-23(12-13-28(46)47)34(52)42-15-6-10-26(42)31(49)40-25(19-44)36(54)55)41-32(50)27-11-7-16-43(27)35(53)24(18-21-8-4-3-5-9-21)39-30(48)22(37)14-17-56-2/h3-5,8-9,20,22-27,29,44-45H,6-7,10-19,37H2,1-2H3,(H,38,51)(H,39,48)(H,40,49)(H,41,50)(H,46,47)(H,54,55). The van der Waals surface area contributed by atoms with Crippen molar-refractivity contribution >= 4 is 59.1 Å². The zero-order valence-corrected chi connectivity index (χ0v) is 32.2. The molecular weight excluding hydrogens is 754 g/mol.